The van der Waals surface area contributed by atoms with Crippen LogP contribution in [-0.4, -0.2) is 34.2 Å². The van der Waals surface area contributed by atoms with E-state index in [1.165, 1.54) is 0 Å². The van der Waals surface area contributed by atoms with E-state index in [1.54, 1.807) is 12.1 Å². The molecule has 0 spiro atoms. The molecule has 8 heteroatoms. The number of nitriles is 1. The highest BCUT2D eigenvalue weighted by Gasteiger charge is 2.39. The molecule has 1 aromatic heterocycles. The number of amides is 2. The summed E-state index contributed by atoms with van der Waals surface area (Å²) in [6, 6.07) is 8.49. The van der Waals surface area contributed by atoms with Gasteiger partial charge in [0.05, 0.1) is 22.3 Å². The van der Waals surface area contributed by atoms with Crippen LogP contribution in [0.15, 0.2) is 24.3 Å². The van der Waals surface area contributed by atoms with Crippen molar-refractivity contribution in [1.82, 2.24) is 15.6 Å². The second kappa shape index (κ2) is 9.79. The van der Waals surface area contributed by atoms with Gasteiger partial charge in [-0.15, -0.1) is 0 Å². The molecule has 0 bridgehead atoms. The lowest BCUT2D eigenvalue weighted by molar-refractivity contribution is -0.127. The molecule has 0 saturated carbocycles. The lowest BCUT2D eigenvalue weighted by atomic mass is 9.81. The number of hydrogen-bond acceptors (Lipinski definition) is 4. The van der Waals surface area contributed by atoms with Crippen molar-refractivity contribution >= 4 is 40.1 Å². The molecule has 182 valence electrons. The molecule has 1 aliphatic rings. The molecule has 3 rings (SSSR count). The minimum absolute atomic E-state index is 0.00262. The second-order valence-electron chi connectivity index (χ2n) is 11.2. The molecule has 1 saturated heterocycles. The number of rotatable bonds is 8. The molecule has 0 aliphatic carbocycles. The number of nitrogens with zero attached hydrogens (tertiary/aromatic N) is 1. The summed E-state index contributed by atoms with van der Waals surface area (Å²) in [4.78, 5) is 41.7. The van der Waals surface area contributed by atoms with Crippen molar-refractivity contribution in [3.63, 3.8) is 0 Å². The van der Waals surface area contributed by atoms with Crippen molar-refractivity contribution < 1.29 is 14.4 Å². The van der Waals surface area contributed by atoms with Crippen LogP contribution in [0, 0.1) is 28.6 Å². The van der Waals surface area contributed by atoms with Gasteiger partial charge in [0.25, 0.3) is 0 Å². The van der Waals surface area contributed by atoms with Crippen LogP contribution in [-0.2, 0) is 9.59 Å². The summed E-state index contributed by atoms with van der Waals surface area (Å²) in [5, 5.41) is 16.7. The van der Waals surface area contributed by atoms with E-state index in [-0.39, 0.29) is 47.3 Å². The number of hydrogen-bond donors (Lipinski definition) is 3. The summed E-state index contributed by atoms with van der Waals surface area (Å²) in [6.45, 7) is 9.90. The van der Waals surface area contributed by atoms with Gasteiger partial charge in [-0.05, 0) is 50.7 Å². The zero-order valence-electron chi connectivity index (χ0n) is 20.4. The summed E-state index contributed by atoms with van der Waals surface area (Å²) < 4.78 is 0. The number of nitrogens with one attached hydrogen (secondary N) is 3. The molecule has 1 aromatic carbocycles. The third-order valence-electron chi connectivity index (χ3n) is 6.15. The fraction of sp³-hybridized carbons (Fsp3) is 0.538. The Morgan fingerprint density at radius 2 is 2.03 bits per heavy atom. The number of carbonyl (C=O) groups is 3. The number of carbonyl (C=O) groups excluding carboxylic acids is 3. The number of ketones is 1. The maximum Gasteiger partial charge on any atom is 0.224 e. The highest BCUT2D eigenvalue weighted by molar-refractivity contribution is 6.35. The van der Waals surface area contributed by atoms with Crippen LogP contribution in [0.5, 0.6) is 0 Å². The lowest BCUT2D eigenvalue weighted by Gasteiger charge is -2.26. The van der Waals surface area contributed by atoms with Gasteiger partial charge in [-0.2, -0.15) is 5.26 Å². The van der Waals surface area contributed by atoms with Crippen LogP contribution in [0.4, 0.5) is 0 Å². The number of benzene rings is 1. The fourth-order valence-corrected chi connectivity index (χ4v) is 4.93. The standard InChI is InChI=1S/C26H33ClN4O3/c1-25(2,3)12-17(11-21(32)20-10-15-7-6-8-19(27)22(15)30-20)23(33)29-18(14-28)9-16-13-26(4,5)31-24(16)34/h6-8,10,16-18,30H,9,11-13H2,1-5H3,(H,29,33)(H,31,34)/t16-,17+,18+/m1/s1. The average molecular weight is 485 g/mol. The van der Waals surface area contributed by atoms with Crippen LogP contribution in [0.2, 0.25) is 5.02 Å². The van der Waals surface area contributed by atoms with Gasteiger partial charge < -0.3 is 15.6 Å². The van der Waals surface area contributed by atoms with Crippen LogP contribution < -0.4 is 10.6 Å². The van der Waals surface area contributed by atoms with E-state index in [0.29, 0.717) is 29.1 Å². The maximum absolute atomic E-state index is 13.2. The monoisotopic (exact) mass is 484 g/mol. The predicted molar refractivity (Wildman–Crippen MR) is 132 cm³/mol. The van der Waals surface area contributed by atoms with E-state index in [9.17, 15) is 19.6 Å². The molecule has 0 radical (unpaired) electrons. The van der Waals surface area contributed by atoms with Gasteiger partial charge >= 0.3 is 0 Å². The summed E-state index contributed by atoms with van der Waals surface area (Å²) in [7, 11) is 0. The third kappa shape index (κ3) is 6.38. The molecule has 7 nitrogen and oxygen atoms in total. The van der Waals surface area contributed by atoms with Gasteiger partial charge in [0.15, 0.2) is 5.78 Å². The lowest BCUT2D eigenvalue weighted by Crippen LogP contribution is -2.41. The zero-order chi connectivity index (χ0) is 25.3. The number of aromatic amines is 1. The molecule has 34 heavy (non-hydrogen) atoms. The molecule has 2 aromatic rings. The normalized spacial score (nSPS) is 19.3. The summed E-state index contributed by atoms with van der Waals surface area (Å²) in [5.74, 6) is -1.58. The van der Waals surface area contributed by atoms with E-state index in [0.717, 1.165) is 5.39 Å². The first-order chi connectivity index (χ1) is 15.8. The van der Waals surface area contributed by atoms with Crippen molar-refractivity contribution in [2.24, 2.45) is 17.3 Å². The number of H-pyrrole nitrogens is 1. The number of Topliss-reactive ketones (excluding diaryl/α,β-unsaturated/α-hetero) is 1. The highest BCUT2D eigenvalue weighted by atomic mass is 35.5. The summed E-state index contributed by atoms with van der Waals surface area (Å²) in [6.07, 6.45) is 1.32. The van der Waals surface area contributed by atoms with Crippen molar-refractivity contribution in [3.8, 4) is 6.07 Å². The van der Waals surface area contributed by atoms with Gasteiger partial charge in [0.1, 0.15) is 6.04 Å². The van der Waals surface area contributed by atoms with Crippen LogP contribution in [0.1, 0.15) is 70.8 Å². The Morgan fingerprint density at radius 3 is 2.59 bits per heavy atom. The van der Waals surface area contributed by atoms with E-state index < -0.39 is 12.0 Å². The quantitative estimate of drug-likeness (QED) is 0.468. The zero-order valence-corrected chi connectivity index (χ0v) is 21.2. The van der Waals surface area contributed by atoms with Gasteiger partial charge in [0.2, 0.25) is 11.8 Å². The van der Waals surface area contributed by atoms with Gasteiger partial charge in [-0.3, -0.25) is 14.4 Å². The van der Waals surface area contributed by atoms with Crippen LogP contribution in [0.25, 0.3) is 10.9 Å². The van der Waals surface area contributed by atoms with E-state index >= 15 is 0 Å². The van der Waals surface area contributed by atoms with Gasteiger partial charge in [-0.25, -0.2) is 0 Å². The Balaban J connectivity index is 1.73. The first kappa shape index (κ1) is 25.8. The Bertz CT molecular complexity index is 1140. The highest BCUT2D eigenvalue weighted by Crippen LogP contribution is 2.30. The Labute approximate surface area is 205 Å². The van der Waals surface area contributed by atoms with Gasteiger partial charge in [-0.1, -0.05) is 44.5 Å². The van der Waals surface area contributed by atoms with Crippen molar-refractivity contribution in [3.05, 3.63) is 35.0 Å². The third-order valence-corrected chi connectivity index (χ3v) is 6.46. The first-order valence-electron chi connectivity index (χ1n) is 11.6. The Morgan fingerprint density at radius 1 is 1.32 bits per heavy atom. The SMILES string of the molecule is CC(C)(C)C[C@H](CC(=O)c1cc2cccc(Cl)c2[nH]1)C(=O)N[C@H](C#N)C[C@@H]1CC(C)(C)NC1=O. The second-order valence-corrected chi connectivity index (χ2v) is 11.6. The largest absolute Gasteiger partial charge is 0.351 e. The minimum atomic E-state index is -0.804. The van der Waals surface area contributed by atoms with Crippen molar-refractivity contribution in [2.45, 2.75) is 71.9 Å². The number of halogens is 1. The molecular weight excluding hydrogens is 452 g/mol. The smallest absolute Gasteiger partial charge is 0.224 e. The number of para-hydroxylation sites is 1. The summed E-state index contributed by atoms with van der Waals surface area (Å²) >= 11 is 6.22. The molecule has 3 atom stereocenters. The molecule has 2 heterocycles. The predicted octanol–water partition coefficient (Wildman–Crippen LogP) is 4.76. The number of aromatic nitrogens is 1. The van der Waals surface area contributed by atoms with Crippen LogP contribution in [0.3, 0.4) is 0 Å². The van der Waals surface area contributed by atoms with Crippen LogP contribution >= 0.6 is 11.6 Å². The molecule has 0 unspecified atom stereocenters. The molecular formula is C26H33ClN4O3. The number of fused-ring (bicyclic) bond motifs is 1. The Kier molecular flexibility index (Phi) is 7.42. The van der Waals surface area contributed by atoms with Gasteiger partial charge in [0, 0.05) is 29.2 Å². The van der Waals surface area contributed by atoms with E-state index in [2.05, 4.69) is 21.7 Å². The van der Waals surface area contributed by atoms with Crippen molar-refractivity contribution in [2.75, 3.05) is 0 Å². The molecule has 3 N–H and O–H groups in total. The summed E-state index contributed by atoms with van der Waals surface area (Å²) in [5.41, 5.74) is 0.557. The fourth-order valence-electron chi connectivity index (χ4n) is 4.70. The topological polar surface area (TPSA) is 115 Å². The molecule has 1 aliphatic heterocycles. The average Bonchev–Trinajstić information content (AvgIpc) is 3.26. The first-order valence-corrected chi connectivity index (χ1v) is 12.0. The maximum atomic E-state index is 13.2. The van der Waals surface area contributed by atoms with E-state index in [1.807, 2.05) is 46.8 Å². The Hall–Kier alpha value is -2.85. The molecule has 1 fully saturated rings. The van der Waals surface area contributed by atoms with E-state index in [4.69, 9.17) is 11.6 Å². The molecule has 2 amide bonds. The van der Waals surface area contributed by atoms with Crippen molar-refractivity contribution in [1.29, 1.82) is 5.26 Å². The minimum Gasteiger partial charge on any atom is -0.351 e.